The SMILES string of the molecule is COc1ccccc1CC(=O)N[C@@H]1CCOC[C@H]1Oc1ccccn1. The first-order valence-corrected chi connectivity index (χ1v) is 8.33. The number of amides is 1. The number of hydrogen-bond acceptors (Lipinski definition) is 5. The lowest BCUT2D eigenvalue weighted by Gasteiger charge is -2.32. The summed E-state index contributed by atoms with van der Waals surface area (Å²) in [4.78, 5) is 16.6. The van der Waals surface area contributed by atoms with E-state index in [-0.39, 0.29) is 24.5 Å². The Labute approximate surface area is 147 Å². The second-order valence-corrected chi connectivity index (χ2v) is 5.85. The summed E-state index contributed by atoms with van der Waals surface area (Å²) in [5.41, 5.74) is 0.858. The van der Waals surface area contributed by atoms with Gasteiger partial charge in [0.2, 0.25) is 11.8 Å². The molecule has 0 bridgehead atoms. The van der Waals surface area contributed by atoms with Crippen LogP contribution < -0.4 is 14.8 Å². The van der Waals surface area contributed by atoms with E-state index >= 15 is 0 Å². The Morgan fingerprint density at radius 1 is 1.28 bits per heavy atom. The van der Waals surface area contributed by atoms with Gasteiger partial charge in [-0.3, -0.25) is 4.79 Å². The van der Waals surface area contributed by atoms with E-state index in [2.05, 4.69) is 10.3 Å². The monoisotopic (exact) mass is 342 g/mol. The van der Waals surface area contributed by atoms with Crippen molar-refractivity contribution in [2.24, 2.45) is 0 Å². The number of ether oxygens (including phenoxy) is 3. The third-order valence-electron chi connectivity index (χ3n) is 4.10. The van der Waals surface area contributed by atoms with Gasteiger partial charge in [-0.2, -0.15) is 0 Å². The number of nitrogens with one attached hydrogen (secondary N) is 1. The van der Waals surface area contributed by atoms with Gasteiger partial charge in [0.15, 0.2) is 0 Å². The highest BCUT2D eigenvalue weighted by Crippen LogP contribution is 2.19. The van der Waals surface area contributed by atoms with E-state index in [0.717, 1.165) is 5.56 Å². The van der Waals surface area contributed by atoms with Crippen LogP contribution in [0.4, 0.5) is 0 Å². The third-order valence-corrected chi connectivity index (χ3v) is 4.10. The van der Waals surface area contributed by atoms with Gasteiger partial charge < -0.3 is 19.5 Å². The molecule has 132 valence electrons. The standard InChI is InChI=1S/C19H22N2O4/c1-23-16-7-3-2-6-14(16)12-18(22)21-15-9-11-24-13-17(15)25-19-8-4-5-10-20-19/h2-8,10,15,17H,9,11-13H2,1H3,(H,21,22)/t15-,17-/m1/s1. The number of aromatic nitrogens is 1. The summed E-state index contributed by atoms with van der Waals surface area (Å²) in [5.74, 6) is 1.18. The lowest BCUT2D eigenvalue weighted by molar-refractivity contribution is -0.123. The molecule has 6 heteroatoms. The molecule has 25 heavy (non-hydrogen) atoms. The first kappa shape index (κ1) is 17.2. The molecular formula is C19H22N2O4. The molecule has 3 rings (SSSR count). The maximum atomic E-state index is 12.5. The summed E-state index contributed by atoms with van der Waals surface area (Å²) >= 11 is 0. The van der Waals surface area contributed by atoms with Gasteiger partial charge in [-0.15, -0.1) is 0 Å². The Hall–Kier alpha value is -2.60. The van der Waals surface area contributed by atoms with E-state index < -0.39 is 0 Å². The number of benzene rings is 1. The minimum Gasteiger partial charge on any atom is -0.496 e. The van der Waals surface area contributed by atoms with Crippen molar-refractivity contribution in [3.8, 4) is 11.6 Å². The molecular weight excluding hydrogens is 320 g/mol. The fraction of sp³-hybridized carbons (Fsp3) is 0.368. The molecule has 1 aliphatic rings. The highest BCUT2D eigenvalue weighted by Gasteiger charge is 2.29. The van der Waals surface area contributed by atoms with Crippen LogP contribution in [0.2, 0.25) is 0 Å². The largest absolute Gasteiger partial charge is 0.496 e. The number of methoxy groups -OCH3 is 1. The van der Waals surface area contributed by atoms with Crippen LogP contribution >= 0.6 is 0 Å². The molecule has 6 nitrogen and oxygen atoms in total. The Bertz CT molecular complexity index is 693. The lowest BCUT2D eigenvalue weighted by Crippen LogP contribution is -2.51. The Kier molecular flexibility index (Phi) is 5.85. The predicted octanol–water partition coefficient (Wildman–Crippen LogP) is 1.99. The van der Waals surface area contributed by atoms with Crippen LogP contribution in [0.5, 0.6) is 11.6 Å². The van der Waals surface area contributed by atoms with E-state index in [0.29, 0.717) is 31.3 Å². The van der Waals surface area contributed by atoms with Crippen molar-refractivity contribution in [1.82, 2.24) is 10.3 Å². The van der Waals surface area contributed by atoms with Crippen LogP contribution in [0.15, 0.2) is 48.7 Å². The maximum Gasteiger partial charge on any atom is 0.224 e. The van der Waals surface area contributed by atoms with Gasteiger partial charge in [-0.1, -0.05) is 24.3 Å². The van der Waals surface area contributed by atoms with Gasteiger partial charge in [0.1, 0.15) is 11.9 Å². The molecule has 1 N–H and O–H groups in total. The van der Waals surface area contributed by atoms with Crippen molar-refractivity contribution < 1.29 is 19.0 Å². The zero-order valence-corrected chi connectivity index (χ0v) is 14.2. The highest BCUT2D eigenvalue weighted by molar-refractivity contribution is 5.79. The average molecular weight is 342 g/mol. The van der Waals surface area contributed by atoms with Gasteiger partial charge in [0.05, 0.1) is 26.2 Å². The van der Waals surface area contributed by atoms with Crippen LogP contribution in [0.25, 0.3) is 0 Å². The summed E-state index contributed by atoms with van der Waals surface area (Å²) in [6.45, 7) is 1.03. The molecule has 1 saturated heterocycles. The average Bonchev–Trinajstić information content (AvgIpc) is 2.64. The van der Waals surface area contributed by atoms with Crippen molar-refractivity contribution in [2.75, 3.05) is 20.3 Å². The molecule has 2 heterocycles. The molecule has 0 saturated carbocycles. The first-order chi connectivity index (χ1) is 12.3. The van der Waals surface area contributed by atoms with E-state index in [1.165, 1.54) is 0 Å². The fourth-order valence-corrected chi connectivity index (χ4v) is 2.84. The number of pyridine rings is 1. The van der Waals surface area contributed by atoms with Crippen LogP contribution in [-0.2, 0) is 16.0 Å². The molecule has 2 aromatic rings. The summed E-state index contributed by atoms with van der Waals surface area (Å²) in [5, 5.41) is 3.06. The van der Waals surface area contributed by atoms with Crippen molar-refractivity contribution in [3.05, 3.63) is 54.2 Å². The molecule has 0 spiro atoms. The molecule has 2 atom stereocenters. The Morgan fingerprint density at radius 3 is 2.92 bits per heavy atom. The van der Waals surface area contributed by atoms with Gasteiger partial charge >= 0.3 is 0 Å². The zero-order valence-electron chi connectivity index (χ0n) is 14.2. The first-order valence-electron chi connectivity index (χ1n) is 8.33. The molecule has 1 fully saturated rings. The van der Waals surface area contributed by atoms with Crippen molar-refractivity contribution in [3.63, 3.8) is 0 Å². The Morgan fingerprint density at radius 2 is 2.12 bits per heavy atom. The summed E-state index contributed by atoms with van der Waals surface area (Å²) < 4.78 is 16.7. The number of carbonyl (C=O) groups is 1. The number of para-hydroxylation sites is 1. The van der Waals surface area contributed by atoms with Gasteiger partial charge in [0, 0.05) is 24.4 Å². The fourth-order valence-electron chi connectivity index (χ4n) is 2.84. The van der Waals surface area contributed by atoms with E-state index in [4.69, 9.17) is 14.2 Å². The molecule has 1 amide bonds. The van der Waals surface area contributed by atoms with Crippen LogP contribution in [0.3, 0.4) is 0 Å². The van der Waals surface area contributed by atoms with Gasteiger partial charge in [-0.05, 0) is 18.6 Å². The van der Waals surface area contributed by atoms with Crippen molar-refractivity contribution in [1.29, 1.82) is 0 Å². The minimum absolute atomic E-state index is 0.0639. The van der Waals surface area contributed by atoms with Crippen LogP contribution in [-0.4, -0.2) is 43.4 Å². The highest BCUT2D eigenvalue weighted by atomic mass is 16.5. The molecule has 0 aliphatic carbocycles. The van der Waals surface area contributed by atoms with Crippen LogP contribution in [0, 0.1) is 0 Å². The van der Waals surface area contributed by atoms with Gasteiger partial charge in [-0.25, -0.2) is 4.98 Å². The number of rotatable bonds is 6. The van der Waals surface area contributed by atoms with E-state index in [1.54, 1.807) is 19.4 Å². The minimum atomic E-state index is -0.259. The number of hydrogen-bond donors (Lipinski definition) is 1. The molecule has 1 aliphatic heterocycles. The third kappa shape index (κ3) is 4.70. The van der Waals surface area contributed by atoms with Gasteiger partial charge in [0.25, 0.3) is 0 Å². The second-order valence-electron chi connectivity index (χ2n) is 5.85. The second kappa shape index (κ2) is 8.48. The predicted molar refractivity (Wildman–Crippen MR) is 92.7 cm³/mol. The van der Waals surface area contributed by atoms with Crippen molar-refractivity contribution >= 4 is 5.91 Å². The summed E-state index contributed by atoms with van der Waals surface area (Å²) in [7, 11) is 1.60. The number of carbonyl (C=O) groups excluding carboxylic acids is 1. The molecule has 1 aromatic carbocycles. The quantitative estimate of drug-likeness (QED) is 0.869. The Balaban J connectivity index is 1.62. The molecule has 0 unspecified atom stereocenters. The summed E-state index contributed by atoms with van der Waals surface area (Å²) in [6.07, 6.45) is 2.38. The smallest absolute Gasteiger partial charge is 0.224 e. The summed E-state index contributed by atoms with van der Waals surface area (Å²) in [6, 6.07) is 12.9. The van der Waals surface area contributed by atoms with Crippen molar-refractivity contribution in [2.45, 2.75) is 25.0 Å². The topological polar surface area (TPSA) is 69.7 Å². The normalized spacial score (nSPS) is 19.9. The molecule has 1 aromatic heterocycles. The maximum absolute atomic E-state index is 12.5. The van der Waals surface area contributed by atoms with Crippen LogP contribution in [0.1, 0.15) is 12.0 Å². The van der Waals surface area contributed by atoms with E-state index in [9.17, 15) is 4.79 Å². The number of nitrogens with zero attached hydrogens (tertiary/aromatic N) is 1. The van der Waals surface area contributed by atoms with E-state index in [1.807, 2.05) is 36.4 Å². The molecule has 0 radical (unpaired) electrons. The lowest BCUT2D eigenvalue weighted by atomic mass is 10.0. The zero-order chi connectivity index (χ0) is 17.5.